The quantitative estimate of drug-likeness (QED) is 0.872. The zero-order valence-corrected chi connectivity index (χ0v) is 13.3. The topological polar surface area (TPSA) is 97.5 Å². The highest BCUT2D eigenvalue weighted by atomic mass is 16.6. The molecular formula is C15H22N4O3. The van der Waals surface area contributed by atoms with Crippen LogP contribution in [0.1, 0.15) is 39.8 Å². The highest BCUT2D eigenvalue weighted by Gasteiger charge is 2.45. The fourth-order valence-electron chi connectivity index (χ4n) is 2.28. The Balaban J connectivity index is 2.08. The molecule has 120 valence electrons. The second-order valence-electron chi connectivity index (χ2n) is 6.64. The summed E-state index contributed by atoms with van der Waals surface area (Å²) in [5.74, 6) is 0.241. The largest absolute Gasteiger partial charge is 0.418 e. The van der Waals surface area contributed by atoms with Gasteiger partial charge in [0.25, 0.3) is 0 Å². The number of hydrogen-bond acceptors (Lipinski definition) is 4. The molecule has 1 aliphatic heterocycles. The first-order chi connectivity index (χ1) is 10.1. The number of carbonyl (C=O) groups is 2. The first-order valence-electron chi connectivity index (χ1n) is 7.16. The molecule has 7 heteroatoms. The van der Waals surface area contributed by atoms with Gasteiger partial charge in [-0.3, -0.25) is 4.90 Å². The summed E-state index contributed by atoms with van der Waals surface area (Å²) < 4.78 is 5.31. The van der Waals surface area contributed by atoms with E-state index in [1.54, 1.807) is 19.1 Å². The van der Waals surface area contributed by atoms with Crippen LogP contribution in [0.4, 0.5) is 9.59 Å². The number of pyridine rings is 1. The molecule has 1 atom stereocenters. The van der Waals surface area contributed by atoms with Crippen LogP contribution in [0.3, 0.4) is 0 Å². The first-order valence-corrected chi connectivity index (χ1v) is 7.16. The van der Waals surface area contributed by atoms with Gasteiger partial charge in [0.05, 0.1) is 0 Å². The number of aromatic nitrogens is 1. The third-order valence-electron chi connectivity index (χ3n) is 3.71. The predicted octanol–water partition coefficient (Wildman–Crippen LogP) is 1.97. The van der Waals surface area contributed by atoms with E-state index in [9.17, 15) is 9.59 Å². The van der Waals surface area contributed by atoms with Crippen LogP contribution in [0.25, 0.3) is 0 Å². The molecular weight excluding hydrogens is 284 g/mol. The molecule has 3 amide bonds. The monoisotopic (exact) mass is 306 g/mol. The maximum Gasteiger partial charge on any atom is 0.418 e. The highest BCUT2D eigenvalue weighted by molar-refractivity contribution is 5.76. The van der Waals surface area contributed by atoms with Gasteiger partial charge in [-0.1, -0.05) is 26.8 Å². The van der Waals surface area contributed by atoms with Gasteiger partial charge in [0.1, 0.15) is 5.66 Å². The number of carbonyl (C=O) groups excluding carboxylic acids is 2. The summed E-state index contributed by atoms with van der Waals surface area (Å²) in [7, 11) is 0. The SMILES string of the molecule is CC(C)(C)c1cccc(OC(=O)N2CCC2(C)NC(N)=O)n1. The van der Waals surface area contributed by atoms with Crippen molar-refractivity contribution in [3.8, 4) is 5.88 Å². The van der Waals surface area contributed by atoms with Gasteiger partial charge >= 0.3 is 12.1 Å². The van der Waals surface area contributed by atoms with E-state index in [2.05, 4.69) is 10.3 Å². The normalized spacial score (nSPS) is 21.0. The van der Waals surface area contributed by atoms with Crippen LogP contribution >= 0.6 is 0 Å². The Kier molecular flexibility index (Phi) is 4.00. The van der Waals surface area contributed by atoms with Gasteiger partial charge in [0, 0.05) is 30.1 Å². The van der Waals surface area contributed by atoms with E-state index in [-0.39, 0.29) is 11.3 Å². The average molecular weight is 306 g/mol. The van der Waals surface area contributed by atoms with Crippen molar-refractivity contribution in [1.29, 1.82) is 0 Å². The number of amides is 3. The van der Waals surface area contributed by atoms with Crippen LogP contribution in [-0.4, -0.2) is 34.2 Å². The van der Waals surface area contributed by atoms with Gasteiger partial charge in [0.15, 0.2) is 0 Å². The van der Waals surface area contributed by atoms with E-state index in [0.29, 0.717) is 13.0 Å². The first kappa shape index (κ1) is 16.1. The Morgan fingerprint density at radius 3 is 2.59 bits per heavy atom. The highest BCUT2D eigenvalue weighted by Crippen LogP contribution is 2.29. The number of nitrogens with two attached hydrogens (primary N) is 1. The lowest BCUT2D eigenvalue weighted by molar-refractivity contribution is 0.00130. The molecule has 0 aromatic carbocycles. The molecule has 2 rings (SSSR count). The van der Waals surface area contributed by atoms with E-state index in [4.69, 9.17) is 10.5 Å². The van der Waals surface area contributed by atoms with Crippen molar-refractivity contribution in [2.75, 3.05) is 6.54 Å². The van der Waals surface area contributed by atoms with Crippen molar-refractivity contribution in [3.05, 3.63) is 23.9 Å². The lowest BCUT2D eigenvalue weighted by atomic mass is 9.92. The molecule has 3 N–H and O–H groups in total. The molecule has 0 bridgehead atoms. The molecule has 1 unspecified atom stereocenters. The van der Waals surface area contributed by atoms with Crippen molar-refractivity contribution in [2.45, 2.75) is 45.2 Å². The van der Waals surface area contributed by atoms with Gasteiger partial charge in [-0.25, -0.2) is 14.6 Å². The number of likely N-dealkylation sites (tertiary alicyclic amines) is 1. The molecule has 0 aliphatic carbocycles. The Morgan fingerprint density at radius 1 is 1.41 bits per heavy atom. The van der Waals surface area contributed by atoms with Crippen molar-refractivity contribution >= 4 is 12.1 Å². The number of rotatable bonds is 2. The number of urea groups is 1. The van der Waals surface area contributed by atoms with Gasteiger partial charge in [-0.2, -0.15) is 0 Å². The molecule has 1 fully saturated rings. The maximum atomic E-state index is 12.2. The minimum Gasteiger partial charge on any atom is -0.391 e. The zero-order chi connectivity index (χ0) is 16.5. The molecule has 0 saturated carbocycles. The molecule has 0 spiro atoms. The van der Waals surface area contributed by atoms with E-state index in [1.807, 2.05) is 26.8 Å². The number of ether oxygens (including phenoxy) is 1. The summed E-state index contributed by atoms with van der Waals surface area (Å²) in [6, 6.07) is 4.64. The average Bonchev–Trinajstić information content (AvgIpc) is 2.35. The minimum atomic E-state index is -0.801. The molecule has 1 aliphatic rings. The van der Waals surface area contributed by atoms with E-state index in [1.165, 1.54) is 4.90 Å². The van der Waals surface area contributed by atoms with Crippen LogP contribution in [-0.2, 0) is 5.41 Å². The summed E-state index contributed by atoms with van der Waals surface area (Å²) in [5, 5.41) is 2.55. The number of nitrogens with zero attached hydrogens (tertiary/aromatic N) is 2. The van der Waals surface area contributed by atoms with Gasteiger partial charge < -0.3 is 15.8 Å². The summed E-state index contributed by atoms with van der Waals surface area (Å²) in [6.07, 6.45) is 0.0709. The van der Waals surface area contributed by atoms with E-state index < -0.39 is 17.8 Å². The Hall–Kier alpha value is -2.31. The Labute approximate surface area is 129 Å². The Bertz CT molecular complexity index is 597. The standard InChI is InChI=1S/C15H22N4O3/c1-14(2,3)10-6-5-7-11(17-10)22-13(21)19-9-8-15(19,4)18-12(16)20/h5-7H,8-9H2,1-4H3,(H3,16,18,20). The number of hydrogen-bond donors (Lipinski definition) is 2. The van der Waals surface area contributed by atoms with Crippen LogP contribution < -0.4 is 15.8 Å². The smallest absolute Gasteiger partial charge is 0.391 e. The van der Waals surface area contributed by atoms with Gasteiger partial charge in [-0.05, 0) is 13.0 Å². The maximum absolute atomic E-state index is 12.2. The predicted molar refractivity (Wildman–Crippen MR) is 81.4 cm³/mol. The summed E-state index contributed by atoms with van der Waals surface area (Å²) in [5.41, 5.74) is 5.02. The summed E-state index contributed by atoms with van der Waals surface area (Å²) in [6.45, 7) is 8.31. The second kappa shape index (κ2) is 5.47. The molecule has 22 heavy (non-hydrogen) atoms. The zero-order valence-electron chi connectivity index (χ0n) is 13.3. The molecule has 7 nitrogen and oxygen atoms in total. The number of nitrogens with one attached hydrogen (secondary N) is 1. The Morgan fingerprint density at radius 2 is 2.09 bits per heavy atom. The van der Waals surface area contributed by atoms with Crippen molar-refractivity contribution in [1.82, 2.24) is 15.2 Å². The summed E-state index contributed by atoms with van der Waals surface area (Å²) in [4.78, 5) is 29.0. The van der Waals surface area contributed by atoms with Crippen molar-refractivity contribution < 1.29 is 14.3 Å². The lowest BCUT2D eigenvalue weighted by Gasteiger charge is -2.49. The second-order valence-corrected chi connectivity index (χ2v) is 6.64. The molecule has 2 heterocycles. The van der Waals surface area contributed by atoms with Gasteiger partial charge in [-0.15, -0.1) is 0 Å². The molecule has 1 aromatic rings. The van der Waals surface area contributed by atoms with Crippen molar-refractivity contribution in [3.63, 3.8) is 0 Å². The molecule has 1 aromatic heterocycles. The fraction of sp³-hybridized carbons (Fsp3) is 0.533. The molecule has 0 radical (unpaired) electrons. The van der Waals surface area contributed by atoms with Crippen LogP contribution in [0.15, 0.2) is 18.2 Å². The van der Waals surface area contributed by atoms with E-state index in [0.717, 1.165) is 5.69 Å². The van der Waals surface area contributed by atoms with Crippen molar-refractivity contribution in [2.24, 2.45) is 5.73 Å². The van der Waals surface area contributed by atoms with Crippen LogP contribution in [0.2, 0.25) is 0 Å². The minimum absolute atomic E-state index is 0.138. The third-order valence-corrected chi connectivity index (χ3v) is 3.71. The number of primary amides is 1. The van der Waals surface area contributed by atoms with Crippen LogP contribution in [0, 0.1) is 0 Å². The molecule has 1 saturated heterocycles. The van der Waals surface area contributed by atoms with Gasteiger partial charge in [0.2, 0.25) is 5.88 Å². The van der Waals surface area contributed by atoms with Crippen LogP contribution in [0.5, 0.6) is 5.88 Å². The lowest BCUT2D eigenvalue weighted by Crippen LogP contribution is -2.70. The third kappa shape index (κ3) is 3.29. The summed E-state index contributed by atoms with van der Waals surface area (Å²) >= 11 is 0. The fourth-order valence-corrected chi connectivity index (χ4v) is 2.28. The van der Waals surface area contributed by atoms with E-state index >= 15 is 0 Å².